The summed E-state index contributed by atoms with van der Waals surface area (Å²) in [7, 11) is 0. The van der Waals surface area contributed by atoms with E-state index in [4.69, 9.17) is 9.72 Å². The van der Waals surface area contributed by atoms with Crippen molar-refractivity contribution in [3.05, 3.63) is 60.7 Å². The number of nitrogens with zero attached hydrogens (tertiary/aromatic N) is 1. The molecular formula is C23H26N2O2. The normalized spacial score (nSPS) is 10.8. The van der Waals surface area contributed by atoms with Crippen molar-refractivity contribution >= 4 is 5.82 Å². The number of phenols is 1. The number of anilines is 1. The van der Waals surface area contributed by atoms with Gasteiger partial charge in [0.05, 0.1) is 12.3 Å². The number of nitrogens with one attached hydrogen (secondary N) is 1. The number of phenolic OH excluding ortho intramolecular Hbond substituents is 1. The molecule has 0 saturated carbocycles. The second-order valence-electron chi connectivity index (χ2n) is 6.88. The lowest BCUT2D eigenvalue weighted by atomic mass is 10.0. The van der Waals surface area contributed by atoms with Crippen LogP contribution in [-0.2, 0) is 0 Å². The molecular weight excluding hydrogens is 336 g/mol. The molecule has 2 N–H and O–H groups in total. The van der Waals surface area contributed by atoms with Gasteiger partial charge in [-0.2, -0.15) is 0 Å². The summed E-state index contributed by atoms with van der Waals surface area (Å²) in [6.07, 6.45) is 0. The predicted octanol–water partition coefficient (Wildman–Crippen LogP) is 5.59. The van der Waals surface area contributed by atoms with Crippen molar-refractivity contribution in [2.75, 3.05) is 18.5 Å². The molecule has 0 radical (unpaired) electrons. The van der Waals surface area contributed by atoms with Crippen LogP contribution in [0.2, 0.25) is 0 Å². The Balaban J connectivity index is 2.08. The average molecular weight is 362 g/mol. The van der Waals surface area contributed by atoms with E-state index in [1.165, 1.54) is 0 Å². The van der Waals surface area contributed by atoms with Crippen molar-refractivity contribution in [2.24, 2.45) is 5.92 Å². The summed E-state index contributed by atoms with van der Waals surface area (Å²) in [5.74, 6) is 2.45. The molecule has 0 aliphatic carbocycles. The molecule has 1 aromatic heterocycles. The molecule has 0 aliphatic heterocycles. The van der Waals surface area contributed by atoms with Gasteiger partial charge in [0.2, 0.25) is 0 Å². The van der Waals surface area contributed by atoms with Crippen molar-refractivity contribution in [3.8, 4) is 33.9 Å². The standard InChI is InChI=1S/C23H26N2O2/c1-4-27-22-8-6-5-7-20(22)18-13-21(17-9-11-19(26)12-10-17)25-23(14-18)24-15-16(2)3/h5-14,16,26H,4,15H2,1-3H3,(H,24,25). The van der Waals surface area contributed by atoms with Gasteiger partial charge in [0.25, 0.3) is 0 Å². The molecule has 3 aromatic rings. The van der Waals surface area contributed by atoms with Gasteiger partial charge >= 0.3 is 0 Å². The van der Waals surface area contributed by atoms with E-state index in [9.17, 15) is 5.11 Å². The van der Waals surface area contributed by atoms with E-state index in [-0.39, 0.29) is 5.75 Å². The minimum absolute atomic E-state index is 0.245. The predicted molar refractivity (Wildman–Crippen MR) is 111 cm³/mol. The average Bonchev–Trinajstić information content (AvgIpc) is 2.67. The van der Waals surface area contributed by atoms with Gasteiger partial charge in [-0.05, 0) is 60.9 Å². The molecule has 140 valence electrons. The van der Waals surface area contributed by atoms with Gasteiger partial charge in [-0.1, -0.05) is 32.0 Å². The van der Waals surface area contributed by atoms with Crippen molar-refractivity contribution in [3.63, 3.8) is 0 Å². The summed E-state index contributed by atoms with van der Waals surface area (Å²) in [6.45, 7) is 7.79. The van der Waals surface area contributed by atoms with Crippen LogP contribution in [0.4, 0.5) is 5.82 Å². The SMILES string of the molecule is CCOc1ccccc1-c1cc(NCC(C)C)nc(-c2ccc(O)cc2)c1. The maximum atomic E-state index is 9.58. The van der Waals surface area contributed by atoms with E-state index >= 15 is 0 Å². The molecule has 1 heterocycles. The second-order valence-corrected chi connectivity index (χ2v) is 6.88. The first kappa shape index (κ1) is 18.8. The summed E-state index contributed by atoms with van der Waals surface area (Å²) in [5.41, 5.74) is 3.89. The van der Waals surface area contributed by atoms with Gasteiger partial charge in [-0.25, -0.2) is 4.98 Å². The van der Waals surface area contributed by atoms with Crippen LogP contribution < -0.4 is 10.1 Å². The van der Waals surface area contributed by atoms with Crippen LogP contribution in [0.25, 0.3) is 22.4 Å². The summed E-state index contributed by atoms with van der Waals surface area (Å²) in [5, 5.41) is 13.0. The van der Waals surface area contributed by atoms with Crippen molar-refractivity contribution in [1.82, 2.24) is 4.98 Å². The van der Waals surface area contributed by atoms with Crippen LogP contribution in [-0.4, -0.2) is 23.2 Å². The lowest BCUT2D eigenvalue weighted by Gasteiger charge is -2.15. The van der Waals surface area contributed by atoms with Gasteiger partial charge in [-0.15, -0.1) is 0 Å². The molecule has 0 unspecified atom stereocenters. The van der Waals surface area contributed by atoms with Crippen LogP contribution in [0.5, 0.6) is 11.5 Å². The highest BCUT2D eigenvalue weighted by Crippen LogP contribution is 2.34. The van der Waals surface area contributed by atoms with E-state index in [1.807, 2.05) is 37.3 Å². The molecule has 0 saturated heterocycles. The fourth-order valence-electron chi connectivity index (χ4n) is 2.85. The number of aromatic hydroxyl groups is 1. The van der Waals surface area contributed by atoms with Crippen LogP contribution in [0.15, 0.2) is 60.7 Å². The third kappa shape index (κ3) is 4.79. The van der Waals surface area contributed by atoms with Crippen molar-refractivity contribution < 1.29 is 9.84 Å². The molecule has 0 aliphatic rings. The minimum atomic E-state index is 0.245. The Labute approximate surface area is 160 Å². The number of pyridine rings is 1. The fraction of sp³-hybridized carbons (Fsp3) is 0.261. The van der Waals surface area contributed by atoms with Gasteiger partial charge in [0.1, 0.15) is 17.3 Å². The molecule has 0 bridgehead atoms. The minimum Gasteiger partial charge on any atom is -0.508 e. The summed E-state index contributed by atoms with van der Waals surface area (Å²) in [4.78, 5) is 4.77. The van der Waals surface area contributed by atoms with Crippen LogP contribution in [0.1, 0.15) is 20.8 Å². The topological polar surface area (TPSA) is 54.4 Å². The zero-order valence-corrected chi connectivity index (χ0v) is 16.1. The first-order chi connectivity index (χ1) is 13.1. The highest BCUT2D eigenvalue weighted by molar-refractivity contribution is 5.77. The molecule has 0 spiro atoms. The Bertz CT molecular complexity index is 889. The van der Waals surface area contributed by atoms with Crippen molar-refractivity contribution in [1.29, 1.82) is 0 Å². The molecule has 0 amide bonds. The molecule has 3 rings (SSSR count). The van der Waals surface area contributed by atoms with Gasteiger partial charge < -0.3 is 15.2 Å². The maximum Gasteiger partial charge on any atom is 0.127 e. The summed E-state index contributed by atoms with van der Waals surface area (Å²) < 4.78 is 5.82. The van der Waals surface area contributed by atoms with E-state index in [2.05, 4.69) is 37.4 Å². The number of para-hydroxylation sites is 1. The Hall–Kier alpha value is -3.01. The Kier molecular flexibility index (Phi) is 5.97. The third-order valence-electron chi connectivity index (χ3n) is 4.18. The largest absolute Gasteiger partial charge is 0.508 e. The second kappa shape index (κ2) is 8.58. The van der Waals surface area contributed by atoms with E-state index in [0.29, 0.717) is 12.5 Å². The fourth-order valence-corrected chi connectivity index (χ4v) is 2.85. The molecule has 0 fully saturated rings. The smallest absolute Gasteiger partial charge is 0.127 e. The quantitative estimate of drug-likeness (QED) is 0.575. The zero-order valence-electron chi connectivity index (χ0n) is 16.1. The summed E-state index contributed by atoms with van der Waals surface area (Å²) >= 11 is 0. The first-order valence-corrected chi connectivity index (χ1v) is 9.34. The lowest BCUT2D eigenvalue weighted by molar-refractivity contribution is 0.341. The number of hydrogen-bond acceptors (Lipinski definition) is 4. The van der Waals surface area contributed by atoms with E-state index in [1.54, 1.807) is 12.1 Å². The Morgan fingerprint density at radius 3 is 2.44 bits per heavy atom. The third-order valence-corrected chi connectivity index (χ3v) is 4.18. The number of benzene rings is 2. The zero-order chi connectivity index (χ0) is 19.2. The molecule has 27 heavy (non-hydrogen) atoms. The van der Waals surface area contributed by atoms with Crippen LogP contribution in [0, 0.1) is 5.92 Å². The molecule has 4 nitrogen and oxygen atoms in total. The molecule has 0 atom stereocenters. The van der Waals surface area contributed by atoms with E-state index in [0.717, 1.165) is 40.5 Å². The Morgan fingerprint density at radius 1 is 1.00 bits per heavy atom. The monoisotopic (exact) mass is 362 g/mol. The van der Waals surface area contributed by atoms with Gasteiger partial charge in [-0.3, -0.25) is 0 Å². The highest BCUT2D eigenvalue weighted by Gasteiger charge is 2.11. The molecule has 2 aromatic carbocycles. The number of ether oxygens (including phenoxy) is 1. The number of rotatable bonds is 7. The summed E-state index contributed by atoms with van der Waals surface area (Å²) in [6, 6.07) is 19.3. The first-order valence-electron chi connectivity index (χ1n) is 9.34. The molecule has 4 heteroatoms. The van der Waals surface area contributed by atoms with Crippen molar-refractivity contribution in [2.45, 2.75) is 20.8 Å². The van der Waals surface area contributed by atoms with Crippen LogP contribution in [0.3, 0.4) is 0 Å². The number of aromatic nitrogens is 1. The van der Waals surface area contributed by atoms with Gasteiger partial charge in [0.15, 0.2) is 0 Å². The highest BCUT2D eigenvalue weighted by atomic mass is 16.5. The van der Waals surface area contributed by atoms with Gasteiger partial charge in [0, 0.05) is 17.7 Å². The lowest BCUT2D eigenvalue weighted by Crippen LogP contribution is -2.09. The Morgan fingerprint density at radius 2 is 1.74 bits per heavy atom. The van der Waals surface area contributed by atoms with Crippen LogP contribution >= 0.6 is 0 Å². The van der Waals surface area contributed by atoms with E-state index < -0.39 is 0 Å². The maximum absolute atomic E-state index is 9.58. The number of hydrogen-bond donors (Lipinski definition) is 2.